The molecule has 1 saturated heterocycles. The van der Waals surface area contributed by atoms with Crippen LogP contribution < -0.4 is 16.4 Å². The summed E-state index contributed by atoms with van der Waals surface area (Å²) in [6.07, 6.45) is 0.805. The van der Waals surface area contributed by atoms with Crippen molar-refractivity contribution in [3.8, 4) is 0 Å². The fourth-order valence-electron chi connectivity index (χ4n) is 5.77. The molecule has 0 spiro atoms. The zero-order valence-electron chi connectivity index (χ0n) is 33.6. The first-order valence-corrected chi connectivity index (χ1v) is 24.5. The van der Waals surface area contributed by atoms with Crippen LogP contribution in [0.15, 0.2) is 12.7 Å². The lowest BCUT2D eigenvalue weighted by molar-refractivity contribution is -0.137. The number of unbranched alkanes of at least 4 members (excludes halogenated alkanes) is 5. The second-order valence-corrected chi connectivity index (χ2v) is 20.0. The number of imidazole rings is 1. The number of carbonyl (C=O) groups is 3. The van der Waals surface area contributed by atoms with E-state index in [1.807, 2.05) is 6.92 Å². The molecule has 28 heteroatoms. The summed E-state index contributed by atoms with van der Waals surface area (Å²) in [5, 5.41) is 26.6. The largest absolute Gasteiger partial charge is 0.481 e. The van der Waals surface area contributed by atoms with Gasteiger partial charge in [-0.1, -0.05) is 78.0 Å². The minimum absolute atomic E-state index is 0.0327. The molecular weight excluding hydrogens is 879 g/mol. The summed E-state index contributed by atoms with van der Waals surface area (Å²) in [5.41, 5.74) is 4.28. The van der Waals surface area contributed by atoms with Gasteiger partial charge in [0, 0.05) is 36.6 Å². The van der Waals surface area contributed by atoms with Gasteiger partial charge in [-0.05, 0) is 6.42 Å². The second kappa shape index (κ2) is 23.3. The standard InChI is InChI=1S/C32H56N7O17P3S/c1-5-6-7-8-9-10-11-20(2)31(44)60-15-14-34-22(40)12-13-35-29(43)26(42)32(3,4)17-53-59(50,51)56-58(48,49)52-16-21-25(55-57(45,46)47)24(41)30(54-21)39-19-38-23-27(33)36-18-37-28(23)39/h18-21,24-26,30,41-42H,5-17H2,1-4H3,(H,34,40)(H,35,43)(H,48,49)(H,50,51)(H2,33,36,37)(H2,45,46,47)/t20?,21-,24-,25-,26+,30-/m1/s1. The lowest BCUT2D eigenvalue weighted by Gasteiger charge is -2.30. The predicted octanol–water partition coefficient (Wildman–Crippen LogP) is 2.05. The number of anilines is 1. The highest BCUT2D eigenvalue weighted by Gasteiger charge is 2.50. The summed E-state index contributed by atoms with van der Waals surface area (Å²) < 4.78 is 62.3. The topological polar surface area (TPSA) is 364 Å². The lowest BCUT2D eigenvalue weighted by Crippen LogP contribution is -2.46. The number of phosphoric acid groups is 3. The minimum atomic E-state index is -5.57. The molecule has 3 rings (SSSR count). The summed E-state index contributed by atoms with van der Waals surface area (Å²) in [6.45, 7) is 4.62. The summed E-state index contributed by atoms with van der Waals surface area (Å²) in [4.78, 5) is 88.3. The van der Waals surface area contributed by atoms with E-state index in [1.165, 1.54) is 39.5 Å². The summed E-state index contributed by atoms with van der Waals surface area (Å²) >= 11 is 1.15. The Balaban J connectivity index is 1.42. The molecule has 342 valence electrons. The lowest BCUT2D eigenvalue weighted by atomic mass is 9.87. The molecule has 3 heterocycles. The van der Waals surface area contributed by atoms with E-state index in [0.717, 1.165) is 48.2 Å². The van der Waals surface area contributed by atoms with Gasteiger partial charge in [0.05, 0.1) is 19.5 Å². The molecule has 0 radical (unpaired) electrons. The van der Waals surface area contributed by atoms with Gasteiger partial charge < -0.3 is 50.9 Å². The van der Waals surface area contributed by atoms with Crippen LogP contribution in [0.25, 0.3) is 11.2 Å². The van der Waals surface area contributed by atoms with Crippen molar-refractivity contribution < 1.29 is 80.5 Å². The number of phosphoric ester groups is 3. The molecule has 0 bridgehead atoms. The Bertz CT molecular complexity index is 1890. The Labute approximate surface area is 350 Å². The van der Waals surface area contributed by atoms with E-state index >= 15 is 0 Å². The van der Waals surface area contributed by atoms with Crippen molar-refractivity contribution in [3.63, 3.8) is 0 Å². The Kier molecular flexibility index (Phi) is 20.2. The van der Waals surface area contributed by atoms with E-state index in [1.54, 1.807) is 0 Å². The van der Waals surface area contributed by atoms with Crippen LogP contribution in [-0.4, -0.2) is 123 Å². The predicted molar refractivity (Wildman–Crippen MR) is 214 cm³/mol. The SMILES string of the molecule is CCCCCCCCC(C)C(=O)SCCNC(=O)CCNC(=O)[C@H](O)C(C)(C)COP(=O)(O)OP(=O)(O)OC[C@H]1O[C@@H](n2cnc3c(N)ncnc32)[C@H](O)[C@@H]1OP(=O)(O)O. The maximum atomic E-state index is 12.7. The average molecular weight is 936 g/mol. The van der Waals surface area contributed by atoms with Crippen LogP contribution in [0.2, 0.25) is 0 Å². The number of aliphatic hydroxyl groups is 2. The van der Waals surface area contributed by atoms with Gasteiger partial charge in [0.1, 0.15) is 36.3 Å². The molecule has 2 aromatic rings. The van der Waals surface area contributed by atoms with Crippen molar-refractivity contribution in [2.24, 2.45) is 11.3 Å². The van der Waals surface area contributed by atoms with Crippen molar-refractivity contribution in [2.45, 2.75) is 110 Å². The molecule has 2 aromatic heterocycles. The van der Waals surface area contributed by atoms with Crippen LogP contribution in [-0.2, 0) is 50.7 Å². The van der Waals surface area contributed by atoms with Gasteiger partial charge in [0.2, 0.25) is 11.8 Å². The third kappa shape index (κ3) is 16.7. The maximum Gasteiger partial charge on any atom is 0.481 e. The number of nitrogen functional groups attached to an aromatic ring is 1. The van der Waals surface area contributed by atoms with Crippen LogP contribution in [0.3, 0.4) is 0 Å². The summed E-state index contributed by atoms with van der Waals surface area (Å²) in [5.74, 6) is -1.12. The fraction of sp³-hybridized carbons (Fsp3) is 0.750. The minimum Gasteiger partial charge on any atom is -0.386 e. The van der Waals surface area contributed by atoms with E-state index in [9.17, 15) is 57.9 Å². The maximum absolute atomic E-state index is 12.7. The molecule has 60 heavy (non-hydrogen) atoms. The quantitative estimate of drug-likeness (QED) is 0.0457. The third-order valence-electron chi connectivity index (χ3n) is 9.14. The number of fused-ring (bicyclic) bond motifs is 1. The molecular formula is C32H56N7O17P3S. The first kappa shape index (κ1) is 51.9. The summed E-state index contributed by atoms with van der Waals surface area (Å²) in [7, 11) is -16.4. The van der Waals surface area contributed by atoms with E-state index < -0.39 is 84.6 Å². The number of aromatic nitrogens is 4. The van der Waals surface area contributed by atoms with E-state index in [2.05, 4.69) is 41.3 Å². The second-order valence-electron chi connectivity index (χ2n) is 14.7. The molecule has 0 aromatic carbocycles. The summed E-state index contributed by atoms with van der Waals surface area (Å²) in [6, 6.07) is 0. The van der Waals surface area contributed by atoms with Gasteiger partial charge in [0.25, 0.3) is 0 Å². The number of thioether (sulfide) groups is 1. The number of aliphatic hydroxyl groups excluding tert-OH is 2. The van der Waals surface area contributed by atoms with E-state index in [4.69, 9.17) is 19.5 Å². The van der Waals surface area contributed by atoms with Gasteiger partial charge in [0.15, 0.2) is 22.8 Å². The zero-order chi connectivity index (χ0) is 44.9. The monoisotopic (exact) mass is 935 g/mol. The molecule has 10 N–H and O–H groups in total. The van der Waals surface area contributed by atoms with Crippen molar-refractivity contribution >= 4 is 69.1 Å². The average Bonchev–Trinajstić information content (AvgIpc) is 3.72. The van der Waals surface area contributed by atoms with Gasteiger partial charge in [-0.3, -0.25) is 32.5 Å². The number of hydrogen-bond acceptors (Lipinski definition) is 18. The number of amides is 2. The Morgan fingerprint density at radius 1 is 1.00 bits per heavy atom. The molecule has 3 unspecified atom stereocenters. The first-order valence-electron chi connectivity index (χ1n) is 19.0. The highest BCUT2D eigenvalue weighted by Crippen LogP contribution is 2.61. The molecule has 24 nitrogen and oxygen atoms in total. The van der Waals surface area contributed by atoms with E-state index in [0.29, 0.717) is 5.75 Å². The van der Waals surface area contributed by atoms with Crippen molar-refractivity contribution in [3.05, 3.63) is 12.7 Å². The van der Waals surface area contributed by atoms with Crippen LogP contribution in [0, 0.1) is 11.3 Å². The number of carbonyl (C=O) groups excluding carboxylic acids is 3. The van der Waals surface area contributed by atoms with Crippen molar-refractivity contribution in [1.29, 1.82) is 0 Å². The van der Waals surface area contributed by atoms with Crippen LogP contribution in [0.5, 0.6) is 0 Å². The Hall–Kier alpha value is -2.44. The first-order chi connectivity index (χ1) is 28.0. The molecule has 1 aliphatic rings. The van der Waals surface area contributed by atoms with Gasteiger partial charge in [-0.15, -0.1) is 0 Å². The van der Waals surface area contributed by atoms with Gasteiger partial charge in [-0.25, -0.2) is 28.6 Å². The Morgan fingerprint density at radius 3 is 2.35 bits per heavy atom. The molecule has 0 saturated carbocycles. The molecule has 1 fully saturated rings. The molecule has 0 aliphatic carbocycles. The number of nitrogens with one attached hydrogen (secondary N) is 2. The van der Waals surface area contributed by atoms with Gasteiger partial charge in [-0.2, -0.15) is 4.31 Å². The normalized spacial score (nSPS) is 21.6. The van der Waals surface area contributed by atoms with Crippen LogP contribution in [0.1, 0.15) is 85.3 Å². The highest BCUT2D eigenvalue weighted by atomic mass is 32.2. The van der Waals surface area contributed by atoms with Crippen LogP contribution in [0.4, 0.5) is 5.82 Å². The van der Waals surface area contributed by atoms with Gasteiger partial charge >= 0.3 is 23.5 Å². The number of rotatable bonds is 27. The highest BCUT2D eigenvalue weighted by molar-refractivity contribution is 8.13. The zero-order valence-corrected chi connectivity index (χ0v) is 37.1. The van der Waals surface area contributed by atoms with Crippen LogP contribution >= 0.6 is 35.2 Å². The number of nitrogens with two attached hydrogens (primary N) is 1. The Morgan fingerprint density at radius 2 is 1.67 bits per heavy atom. The molecule has 8 atom stereocenters. The number of nitrogens with zero attached hydrogens (tertiary/aromatic N) is 4. The van der Waals surface area contributed by atoms with Crippen molar-refractivity contribution in [2.75, 3.05) is 37.8 Å². The number of hydrogen-bond donors (Lipinski definition) is 9. The van der Waals surface area contributed by atoms with Crippen molar-refractivity contribution in [1.82, 2.24) is 30.2 Å². The smallest absolute Gasteiger partial charge is 0.386 e. The number of ether oxygens (including phenoxy) is 1. The molecule has 2 amide bonds. The fourth-order valence-corrected chi connectivity index (χ4v) is 9.41. The van der Waals surface area contributed by atoms with E-state index in [-0.39, 0.29) is 47.5 Å². The molecule has 1 aliphatic heterocycles. The third-order valence-corrected chi connectivity index (χ3v) is 13.3.